The van der Waals surface area contributed by atoms with Gasteiger partial charge in [0.2, 0.25) is 0 Å². The molecule has 0 aliphatic carbocycles. The first kappa shape index (κ1) is 11.5. The zero-order valence-corrected chi connectivity index (χ0v) is 8.80. The first-order valence-corrected chi connectivity index (χ1v) is 4.88. The predicted octanol–water partition coefficient (Wildman–Crippen LogP) is -0.00230. The van der Waals surface area contributed by atoms with Crippen LogP contribution in [-0.4, -0.2) is 33.2 Å². The summed E-state index contributed by atoms with van der Waals surface area (Å²) >= 11 is 0. The van der Waals surface area contributed by atoms with E-state index in [-0.39, 0.29) is 11.9 Å². The lowest BCUT2D eigenvalue weighted by Crippen LogP contribution is -2.33. The summed E-state index contributed by atoms with van der Waals surface area (Å²) in [5.41, 5.74) is 5.38. The summed E-state index contributed by atoms with van der Waals surface area (Å²) in [5.74, 6) is 0.248. The molecule has 0 aliphatic heterocycles. The summed E-state index contributed by atoms with van der Waals surface area (Å²) in [4.78, 5) is 3.94. The van der Waals surface area contributed by atoms with E-state index in [1.165, 1.54) is 0 Å². The Hall–Kier alpha value is -1.56. The smallest absolute Gasteiger partial charge is 0.140 e. The van der Waals surface area contributed by atoms with Crippen molar-refractivity contribution in [2.24, 2.45) is 10.9 Å². The van der Waals surface area contributed by atoms with Crippen LogP contribution in [0, 0.1) is 0 Å². The molecule has 6 heteroatoms. The summed E-state index contributed by atoms with van der Waals surface area (Å²) in [6.07, 6.45) is 5.98. The Balaban J connectivity index is 2.14. The van der Waals surface area contributed by atoms with Crippen molar-refractivity contribution in [2.75, 3.05) is 6.54 Å². The van der Waals surface area contributed by atoms with Gasteiger partial charge in [0.05, 0.1) is 6.33 Å². The van der Waals surface area contributed by atoms with Crippen LogP contribution >= 0.6 is 0 Å². The van der Waals surface area contributed by atoms with Gasteiger partial charge in [0, 0.05) is 37.9 Å². The summed E-state index contributed by atoms with van der Waals surface area (Å²) in [6.45, 7) is 3.68. The molecule has 1 unspecified atom stereocenters. The van der Waals surface area contributed by atoms with E-state index >= 15 is 0 Å². The first-order valence-electron chi connectivity index (χ1n) is 4.88. The standard InChI is InChI=1S/C9H17N5O/c1-8(6-9(10)13-15)12-3-5-14-4-2-11-7-14/h2,4,7-8,12,15H,3,5-6H2,1H3,(H2,10,13). The summed E-state index contributed by atoms with van der Waals surface area (Å²) in [6, 6.07) is 0.199. The molecule has 0 saturated heterocycles. The number of hydrogen-bond acceptors (Lipinski definition) is 4. The van der Waals surface area contributed by atoms with E-state index in [9.17, 15) is 0 Å². The van der Waals surface area contributed by atoms with E-state index in [1.807, 2.05) is 17.7 Å². The minimum atomic E-state index is 0.199. The van der Waals surface area contributed by atoms with Gasteiger partial charge in [-0.3, -0.25) is 0 Å². The highest BCUT2D eigenvalue weighted by Crippen LogP contribution is 1.91. The maximum Gasteiger partial charge on any atom is 0.140 e. The number of aromatic nitrogens is 2. The van der Waals surface area contributed by atoms with E-state index in [1.54, 1.807) is 12.5 Å². The number of hydrogen-bond donors (Lipinski definition) is 3. The molecule has 0 amide bonds. The van der Waals surface area contributed by atoms with Gasteiger partial charge in [0.25, 0.3) is 0 Å². The Kier molecular flexibility index (Phi) is 4.62. The normalized spacial score (nSPS) is 14.1. The highest BCUT2D eigenvalue weighted by atomic mass is 16.4. The lowest BCUT2D eigenvalue weighted by Gasteiger charge is -2.12. The number of rotatable bonds is 6. The molecule has 4 N–H and O–H groups in total. The predicted molar refractivity (Wildman–Crippen MR) is 57.7 cm³/mol. The third-order valence-electron chi connectivity index (χ3n) is 2.07. The molecule has 0 saturated carbocycles. The minimum Gasteiger partial charge on any atom is -0.409 e. The maximum atomic E-state index is 8.38. The Morgan fingerprint density at radius 1 is 1.73 bits per heavy atom. The zero-order chi connectivity index (χ0) is 11.1. The average molecular weight is 211 g/mol. The van der Waals surface area contributed by atoms with Crippen molar-refractivity contribution in [3.8, 4) is 0 Å². The number of nitrogens with two attached hydrogens (primary N) is 1. The van der Waals surface area contributed by atoms with E-state index in [4.69, 9.17) is 10.9 Å². The molecule has 1 aromatic heterocycles. The molecule has 84 valence electrons. The fraction of sp³-hybridized carbons (Fsp3) is 0.556. The molecule has 1 heterocycles. The summed E-state index contributed by atoms with van der Waals surface area (Å²) in [5, 5.41) is 14.6. The van der Waals surface area contributed by atoms with E-state index in [0.717, 1.165) is 13.1 Å². The molecule has 1 aromatic rings. The second-order valence-corrected chi connectivity index (χ2v) is 3.45. The highest BCUT2D eigenvalue weighted by Gasteiger charge is 2.03. The molecule has 0 spiro atoms. The molecule has 1 atom stereocenters. The zero-order valence-electron chi connectivity index (χ0n) is 8.80. The van der Waals surface area contributed by atoms with Crippen molar-refractivity contribution in [3.05, 3.63) is 18.7 Å². The van der Waals surface area contributed by atoms with Gasteiger partial charge in [-0.1, -0.05) is 5.16 Å². The third kappa shape index (κ3) is 4.46. The number of nitrogens with zero attached hydrogens (tertiary/aromatic N) is 3. The first-order chi connectivity index (χ1) is 7.22. The van der Waals surface area contributed by atoms with Crippen LogP contribution in [-0.2, 0) is 6.54 Å². The molecule has 0 aliphatic rings. The lowest BCUT2D eigenvalue weighted by atomic mass is 10.2. The average Bonchev–Trinajstić information content (AvgIpc) is 2.70. The summed E-state index contributed by atoms with van der Waals surface area (Å²) in [7, 11) is 0. The second kappa shape index (κ2) is 6.02. The third-order valence-corrected chi connectivity index (χ3v) is 2.07. The van der Waals surface area contributed by atoms with Gasteiger partial charge in [0.15, 0.2) is 0 Å². The largest absolute Gasteiger partial charge is 0.409 e. The van der Waals surface area contributed by atoms with Crippen LogP contribution in [0.2, 0.25) is 0 Å². The molecule has 0 aromatic carbocycles. The monoisotopic (exact) mass is 211 g/mol. The van der Waals surface area contributed by atoms with Crippen LogP contribution in [0.25, 0.3) is 0 Å². The van der Waals surface area contributed by atoms with Crippen molar-refractivity contribution in [1.29, 1.82) is 0 Å². The van der Waals surface area contributed by atoms with Crippen molar-refractivity contribution in [2.45, 2.75) is 25.9 Å². The van der Waals surface area contributed by atoms with Crippen molar-refractivity contribution in [3.63, 3.8) is 0 Å². The Labute approximate surface area is 88.8 Å². The van der Waals surface area contributed by atoms with Gasteiger partial charge in [-0.25, -0.2) is 4.98 Å². The van der Waals surface area contributed by atoms with Gasteiger partial charge in [-0.2, -0.15) is 0 Å². The minimum absolute atomic E-state index is 0.199. The Morgan fingerprint density at radius 2 is 2.53 bits per heavy atom. The molecule has 0 fully saturated rings. The van der Waals surface area contributed by atoms with E-state index < -0.39 is 0 Å². The van der Waals surface area contributed by atoms with Gasteiger partial charge in [-0.05, 0) is 6.92 Å². The fourth-order valence-corrected chi connectivity index (χ4v) is 1.29. The van der Waals surface area contributed by atoms with E-state index in [2.05, 4.69) is 15.5 Å². The van der Waals surface area contributed by atoms with Crippen molar-refractivity contribution in [1.82, 2.24) is 14.9 Å². The molecule has 6 nitrogen and oxygen atoms in total. The molecular weight excluding hydrogens is 194 g/mol. The second-order valence-electron chi connectivity index (χ2n) is 3.45. The van der Waals surface area contributed by atoms with Gasteiger partial charge in [-0.15, -0.1) is 0 Å². The number of amidine groups is 1. The topological polar surface area (TPSA) is 88.5 Å². The van der Waals surface area contributed by atoms with Gasteiger partial charge >= 0.3 is 0 Å². The van der Waals surface area contributed by atoms with Crippen molar-refractivity contribution < 1.29 is 5.21 Å². The summed E-state index contributed by atoms with van der Waals surface area (Å²) < 4.78 is 1.99. The van der Waals surface area contributed by atoms with Gasteiger partial charge in [0.1, 0.15) is 5.84 Å². The fourth-order valence-electron chi connectivity index (χ4n) is 1.29. The van der Waals surface area contributed by atoms with Gasteiger partial charge < -0.3 is 20.8 Å². The Bertz CT molecular complexity index is 295. The number of nitrogens with one attached hydrogen (secondary N) is 1. The van der Waals surface area contributed by atoms with Crippen LogP contribution in [0.15, 0.2) is 23.9 Å². The highest BCUT2D eigenvalue weighted by molar-refractivity contribution is 5.80. The molecule has 0 radical (unpaired) electrons. The van der Waals surface area contributed by atoms with Crippen LogP contribution < -0.4 is 11.1 Å². The molecule has 15 heavy (non-hydrogen) atoms. The van der Waals surface area contributed by atoms with Crippen LogP contribution in [0.4, 0.5) is 0 Å². The SMILES string of the molecule is CC(CC(N)=NO)NCCn1ccnc1. The molecule has 1 rings (SSSR count). The van der Waals surface area contributed by atoms with Crippen molar-refractivity contribution >= 4 is 5.84 Å². The molecular formula is C9H17N5O. The molecule has 0 bridgehead atoms. The van der Waals surface area contributed by atoms with Crippen LogP contribution in [0.3, 0.4) is 0 Å². The van der Waals surface area contributed by atoms with Crippen LogP contribution in [0.1, 0.15) is 13.3 Å². The van der Waals surface area contributed by atoms with E-state index in [0.29, 0.717) is 6.42 Å². The quantitative estimate of drug-likeness (QED) is 0.267. The lowest BCUT2D eigenvalue weighted by molar-refractivity contribution is 0.315. The Morgan fingerprint density at radius 3 is 3.13 bits per heavy atom. The number of oxime groups is 1. The number of imidazole rings is 1. The maximum absolute atomic E-state index is 8.38. The van der Waals surface area contributed by atoms with Crippen LogP contribution in [0.5, 0.6) is 0 Å².